The van der Waals surface area contributed by atoms with Gasteiger partial charge in [-0.1, -0.05) is 18.9 Å². The number of methoxy groups -OCH3 is 1. The van der Waals surface area contributed by atoms with Gasteiger partial charge in [0.2, 0.25) is 17.7 Å². The molecule has 0 bridgehead atoms. The number of anilines is 1. The van der Waals surface area contributed by atoms with Gasteiger partial charge in [0.05, 0.1) is 24.6 Å². The topological polar surface area (TPSA) is 75.7 Å². The molecule has 1 heterocycles. The van der Waals surface area contributed by atoms with Crippen molar-refractivity contribution in [1.29, 1.82) is 0 Å². The van der Waals surface area contributed by atoms with Crippen LogP contribution in [0, 0.1) is 18.8 Å². The van der Waals surface area contributed by atoms with Gasteiger partial charge in [-0.3, -0.25) is 19.3 Å². The summed E-state index contributed by atoms with van der Waals surface area (Å²) in [5, 5.41) is 2.81. The van der Waals surface area contributed by atoms with Crippen LogP contribution in [0.1, 0.15) is 37.7 Å². The molecule has 3 amide bonds. The van der Waals surface area contributed by atoms with Crippen LogP contribution in [-0.2, 0) is 14.4 Å². The first-order chi connectivity index (χ1) is 12.0. The predicted octanol–water partition coefficient (Wildman–Crippen LogP) is 2.51. The van der Waals surface area contributed by atoms with Gasteiger partial charge in [-0.2, -0.15) is 0 Å². The Morgan fingerprint density at radius 1 is 1.20 bits per heavy atom. The van der Waals surface area contributed by atoms with E-state index in [9.17, 15) is 14.4 Å². The molecule has 2 atom stereocenters. The highest BCUT2D eigenvalue weighted by atomic mass is 16.5. The lowest BCUT2D eigenvalue weighted by Crippen LogP contribution is -2.34. The van der Waals surface area contributed by atoms with Crippen molar-refractivity contribution in [3.63, 3.8) is 0 Å². The number of carbonyl (C=O) groups excluding carboxylic acids is 3. The number of amides is 3. The van der Waals surface area contributed by atoms with E-state index in [2.05, 4.69) is 5.32 Å². The fraction of sp³-hybridized carbons (Fsp3) is 0.526. The van der Waals surface area contributed by atoms with Crippen molar-refractivity contribution in [3.8, 4) is 5.75 Å². The molecular weight excluding hydrogens is 320 g/mol. The van der Waals surface area contributed by atoms with Gasteiger partial charge in [0.1, 0.15) is 5.75 Å². The first kappa shape index (κ1) is 17.5. The van der Waals surface area contributed by atoms with Gasteiger partial charge in [0.25, 0.3) is 0 Å². The average molecular weight is 344 g/mol. The minimum atomic E-state index is -0.237. The maximum Gasteiger partial charge on any atom is 0.233 e. The molecule has 1 aromatic rings. The molecule has 6 heteroatoms. The molecule has 25 heavy (non-hydrogen) atoms. The smallest absolute Gasteiger partial charge is 0.233 e. The first-order valence-electron chi connectivity index (χ1n) is 8.81. The summed E-state index contributed by atoms with van der Waals surface area (Å²) >= 11 is 0. The summed E-state index contributed by atoms with van der Waals surface area (Å²) in [6.45, 7) is 2.07. The molecule has 0 aromatic heterocycles. The zero-order valence-corrected chi connectivity index (χ0v) is 14.7. The molecule has 1 saturated carbocycles. The zero-order valence-electron chi connectivity index (χ0n) is 14.7. The summed E-state index contributed by atoms with van der Waals surface area (Å²) < 4.78 is 5.24. The van der Waals surface area contributed by atoms with Crippen molar-refractivity contribution < 1.29 is 19.1 Å². The Bertz CT molecular complexity index is 677. The second kappa shape index (κ2) is 7.25. The molecule has 2 fully saturated rings. The van der Waals surface area contributed by atoms with E-state index in [0.717, 1.165) is 31.2 Å². The van der Waals surface area contributed by atoms with Gasteiger partial charge in [-0.05, 0) is 37.5 Å². The number of likely N-dealkylation sites (tertiary alicyclic amines) is 1. The summed E-state index contributed by atoms with van der Waals surface area (Å²) in [5.41, 5.74) is 1.60. The molecule has 1 saturated heterocycles. The lowest BCUT2D eigenvalue weighted by Gasteiger charge is -2.19. The van der Waals surface area contributed by atoms with Crippen molar-refractivity contribution in [1.82, 2.24) is 4.90 Å². The van der Waals surface area contributed by atoms with E-state index < -0.39 is 0 Å². The molecule has 2 aliphatic rings. The molecule has 0 spiro atoms. The Morgan fingerprint density at radius 2 is 1.84 bits per heavy atom. The van der Waals surface area contributed by atoms with Crippen LogP contribution in [0.5, 0.6) is 5.75 Å². The van der Waals surface area contributed by atoms with Gasteiger partial charge >= 0.3 is 0 Å². The van der Waals surface area contributed by atoms with Gasteiger partial charge in [0.15, 0.2) is 0 Å². The summed E-state index contributed by atoms with van der Waals surface area (Å²) in [7, 11) is 1.55. The second-order valence-electron chi connectivity index (χ2n) is 6.83. The molecule has 1 aromatic carbocycles. The number of rotatable bonds is 5. The zero-order chi connectivity index (χ0) is 18.0. The Hall–Kier alpha value is -2.37. The third kappa shape index (κ3) is 3.52. The van der Waals surface area contributed by atoms with E-state index in [1.54, 1.807) is 13.2 Å². The second-order valence-corrected chi connectivity index (χ2v) is 6.83. The number of aryl methyl sites for hydroxylation is 1. The van der Waals surface area contributed by atoms with E-state index in [1.165, 1.54) is 4.90 Å². The molecule has 1 aliphatic carbocycles. The van der Waals surface area contributed by atoms with Gasteiger partial charge in [-0.15, -0.1) is 0 Å². The number of imide groups is 1. The van der Waals surface area contributed by atoms with Crippen molar-refractivity contribution >= 4 is 23.4 Å². The molecule has 6 nitrogen and oxygen atoms in total. The molecule has 0 radical (unpaired) electrons. The number of carbonyl (C=O) groups is 3. The number of fused-ring (bicyclic) bond motifs is 1. The lowest BCUT2D eigenvalue weighted by molar-refractivity contribution is -0.140. The van der Waals surface area contributed by atoms with Gasteiger partial charge < -0.3 is 10.1 Å². The van der Waals surface area contributed by atoms with E-state index in [1.807, 2.05) is 19.1 Å². The number of ether oxygens (including phenoxy) is 1. The maximum atomic E-state index is 12.4. The van der Waals surface area contributed by atoms with Gasteiger partial charge in [0, 0.05) is 13.0 Å². The van der Waals surface area contributed by atoms with Crippen molar-refractivity contribution in [2.45, 2.75) is 39.0 Å². The van der Waals surface area contributed by atoms with Crippen molar-refractivity contribution in [2.75, 3.05) is 19.0 Å². The SMILES string of the molecule is COc1ccc(C)cc1NC(=O)CCN1C(=O)[C@H]2CCCC[C@@H]2C1=O. The van der Waals surface area contributed by atoms with E-state index in [0.29, 0.717) is 11.4 Å². The summed E-state index contributed by atoms with van der Waals surface area (Å²) in [5.74, 6) is -0.189. The van der Waals surface area contributed by atoms with Crippen LogP contribution in [0.15, 0.2) is 18.2 Å². The predicted molar refractivity (Wildman–Crippen MR) is 93.1 cm³/mol. The fourth-order valence-electron chi connectivity index (χ4n) is 3.80. The normalized spacial score (nSPS) is 22.7. The summed E-state index contributed by atoms with van der Waals surface area (Å²) in [6.07, 6.45) is 3.67. The van der Waals surface area contributed by atoms with Crippen LogP contribution in [-0.4, -0.2) is 36.3 Å². The number of benzene rings is 1. The Balaban J connectivity index is 1.60. The molecule has 134 valence electrons. The Morgan fingerprint density at radius 3 is 2.44 bits per heavy atom. The van der Waals surface area contributed by atoms with Crippen molar-refractivity contribution in [3.05, 3.63) is 23.8 Å². The number of nitrogens with zero attached hydrogens (tertiary/aromatic N) is 1. The average Bonchev–Trinajstić information content (AvgIpc) is 2.85. The summed E-state index contributed by atoms with van der Waals surface area (Å²) in [6, 6.07) is 5.53. The lowest BCUT2D eigenvalue weighted by atomic mass is 9.81. The van der Waals surface area contributed by atoms with E-state index in [4.69, 9.17) is 4.74 Å². The van der Waals surface area contributed by atoms with Crippen molar-refractivity contribution in [2.24, 2.45) is 11.8 Å². The number of hydrogen-bond donors (Lipinski definition) is 1. The monoisotopic (exact) mass is 344 g/mol. The fourth-order valence-corrected chi connectivity index (χ4v) is 3.80. The van der Waals surface area contributed by atoms with Crippen LogP contribution in [0.25, 0.3) is 0 Å². The van der Waals surface area contributed by atoms with Crippen LogP contribution < -0.4 is 10.1 Å². The third-order valence-corrected chi connectivity index (χ3v) is 5.12. The Kier molecular flexibility index (Phi) is 5.06. The standard InChI is InChI=1S/C19H24N2O4/c1-12-7-8-16(25-2)15(11-12)20-17(22)9-10-21-18(23)13-5-3-4-6-14(13)19(21)24/h7-8,11,13-14H,3-6,9-10H2,1-2H3,(H,20,22)/t13-,14-/m0/s1. The van der Waals surface area contributed by atoms with Crippen LogP contribution in [0.4, 0.5) is 5.69 Å². The maximum absolute atomic E-state index is 12.4. The first-order valence-corrected chi connectivity index (χ1v) is 8.81. The van der Waals surface area contributed by atoms with E-state index >= 15 is 0 Å². The quantitative estimate of drug-likeness (QED) is 0.833. The Labute approximate surface area is 147 Å². The third-order valence-electron chi connectivity index (χ3n) is 5.12. The molecule has 1 N–H and O–H groups in total. The van der Waals surface area contributed by atoms with Crippen LogP contribution in [0.2, 0.25) is 0 Å². The number of nitrogens with one attached hydrogen (secondary N) is 1. The minimum absolute atomic E-state index is 0.0913. The molecule has 1 aliphatic heterocycles. The van der Waals surface area contributed by atoms with E-state index in [-0.39, 0.29) is 42.5 Å². The highest BCUT2D eigenvalue weighted by Crippen LogP contribution is 2.38. The molecule has 0 unspecified atom stereocenters. The van der Waals surface area contributed by atoms with Crippen LogP contribution in [0.3, 0.4) is 0 Å². The van der Waals surface area contributed by atoms with Crippen LogP contribution >= 0.6 is 0 Å². The molecular formula is C19H24N2O4. The largest absolute Gasteiger partial charge is 0.495 e. The molecule has 3 rings (SSSR count). The highest BCUT2D eigenvalue weighted by molar-refractivity contribution is 6.05. The summed E-state index contributed by atoms with van der Waals surface area (Å²) in [4.78, 5) is 38.4. The highest BCUT2D eigenvalue weighted by Gasteiger charge is 2.47. The minimum Gasteiger partial charge on any atom is -0.495 e. The van der Waals surface area contributed by atoms with Gasteiger partial charge in [-0.25, -0.2) is 0 Å². The number of hydrogen-bond acceptors (Lipinski definition) is 4.